The summed E-state index contributed by atoms with van der Waals surface area (Å²) in [7, 11) is 1.60. The van der Waals surface area contributed by atoms with Crippen LogP contribution in [0.3, 0.4) is 0 Å². The maximum atomic E-state index is 6.01. The summed E-state index contributed by atoms with van der Waals surface area (Å²) in [5.41, 5.74) is 0.897. The number of aromatic nitrogens is 4. The molecule has 0 bridgehead atoms. The van der Waals surface area contributed by atoms with Crippen LogP contribution in [0.25, 0.3) is 15.5 Å². The van der Waals surface area contributed by atoms with Crippen molar-refractivity contribution in [2.45, 2.75) is 6.61 Å². The van der Waals surface area contributed by atoms with E-state index in [1.165, 1.54) is 11.3 Å². The Bertz CT molecular complexity index is 739. The summed E-state index contributed by atoms with van der Waals surface area (Å²) < 4.78 is 6.72. The molecular formula is C11H8Cl2N4OS. The Morgan fingerprint density at radius 3 is 2.84 bits per heavy atom. The van der Waals surface area contributed by atoms with Crippen molar-refractivity contribution in [1.29, 1.82) is 0 Å². The van der Waals surface area contributed by atoms with E-state index in [2.05, 4.69) is 15.3 Å². The Morgan fingerprint density at radius 1 is 1.26 bits per heavy atom. The van der Waals surface area contributed by atoms with Crippen LogP contribution in [-0.2, 0) is 11.3 Å². The van der Waals surface area contributed by atoms with E-state index in [1.54, 1.807) is 23.8 Å². The van der Waals surface area contributed by atoms with Crippen LogP contribution in [0, 0.1) is 0 Å². The van der Waals surface area contributed by atoms with Crippen molar-refractivity contribution in [1.82, 2.24) is 19.8 Å². The first-order valence-electron chi connectivity index (χ1n) is 5.34. The van der Waals surface area contributed by atoms with Gasteiger partial charge in [-0.1, -0.05) is 40.6 Å². The van der Waals surface area contributed by atoms with Gasteiger partial charge in [0.25, 0.3) is 0 Å². The monoisotopic (exact) mass is 314 g/mol. The van der Waals surface area contributed by atoms with Crippen molar-refractivity contribution in [3.8, 4) is 10.6 Å². The van der Waals surface area contributed by atoms with Crippen LogP contribution in [0.4, 0.5) is 0 Å². The molecule has 2 aromatic heterocycles. The molecule has 0 unspecified atom stereocenters. The van der Waals surface area contributed by atoms with Gasteiger partial charge in [0.15, 0.2) is 5.82 Å². The molecule has 3 rings (SSSR count). The molecule has 0 N–H and O–H groups in total. The Morgan fingerprint density at radius 2 is 2.11 bits per heavy atom. The van der Waals surface area contributed by atoms with Gasteiger partial charge in [-0.3, -0.25) is 0 Å². The fourth-order valence-electron chi connectivity index (χ4n) is 1.62. The quantitative estimate of drug-likeness (QED) is 0.744. The molecule has 0 saturated heterocycles. The second-order valence-corrected chi connectivity index (χ2v) is 5.55. The third kappa shape index (κ3) is 2.32. The Hall–Kier alpha value is -1.21. The molecule has 0 saturated carbocycles. The van der Waals surface area contributed by atoms with Crippen LogP contribution >= 0.6 is 34.5 Å². The number of halogens is 2. The van der Waals surface area contributed by atoms with Gasteiger partial charge >= 0.3 is 0 Å². The predicted octanol–water partition coefficient (Wildman–Crippen LogP) is 3.31. The molecule has 1 aromatic carbocycles. The largest absolute Gasteiger partial charge is 0.377 e. The van der Waals surface area contributed by atoms with E-state index >= 15 is 0 Å². The summed E-state index contributed by atoms with van der Waals surface area (Å²) in [6.45, 7) is 0.367. The number of fused-ring (bicyclic) bond motifs is 1. The van der Waals surface area contributed by atoms with Crippen molar-refractivity contribution in [2.75, 3.05) is 7.11 Å². The van der Waals surface area contributed by atoms with E-state index in [-0.39, 0.29) is 0 Å². The summed E-state index contributed by atoms with van der Waals surface area (Å²) in [4.78, 5) is 0.716. The topological polar surface area (TPSA) is 52.3 Å². The van der Waals surface area contributed by atoms with Crippen LogP contribution in [-0.4, -0.2) is 26.9 Å². The molecule has 19 heavy (non-hydrogen) atoms. The molecule has 0 amide bonds. The summed E-state index contributed by atoms with van der Waals surface area (Å²) in [6.07, 6.45) is 0. The number of hydrogen-bond donors (Lipinski definition) is 0. The molecular weight excluding hydrogens is 307 g/mol. The van der Waals surface area contributed by atoms with Crippen molar-refractivity contribution >= 4 is 39.5 Å². The van der Waals surface area contributed by atoms with Crippen LogP contribution in [0.15, 0.2) is 18.2 Å². The Balaban J connectivity index is 2.07. The van der Waals surface area contributed by atoms with Crippen LogP contribution < -0.4 is 0 Å². The summed E-state index contributed by atoms with van der Waals surface area (Å²) in [5, 5.41) is 14.3. The van der Waals surface area contributed by atoms with Gasteiger partial charge in [-0.05, 0) is 12.1 Å². The van der Waals surface area contributed by atoms with E-state index in [0.29, 0.717) is 27.4 Å². The third-order valence-electron chi connectivity index (χ3n) is 2.50. The number of methoxy groups -OCH3 is 1. The normalized spacial score (nSPS) is 11.3. The molecule has 0 aliphatic carbocycles. The first-order valence-corrected chi connectivity index (χ1v) is 6.92. The van der Waals surface area contributed by atoms with Gasteiger partial charge in [0.1, 0.15) is 11.6 Å². The lowest BCUT2D eigenvalue weighted by Crippen LogP contribution is -1.97. The highest BCUT2D eigenvalue weighted by Crippen LogP contribution is 2.31. The van der Waals surface area contributed by atoms with Gasteiger partial charge in [-0.25, -0.2) is 0 Å². The fraction of sp³-hybridized carbons (Fsp3) is 0.182. The maximum absolute atomic E-state index is 6.01. The first-order chi connectivity index (χ1) is 9.19. The third-order valence-corrected chi connectivity index (χ3v) is 4.18. The van der Waals surface area contributed by atoms with Crippen molar-refractivity contribution < 1.29 is 4.74 Å². The molecule has 0 fully saturated rings. The zero-order chi connectivity index (χ0) is 13.4. The van der Waals surface area contributed by atoms with E-state index in [9.17, 15) is 0 Å². The van der Waals surface area contributed by atoms with Crippen LogP contribution in [0.5, 0.6) is 0 Å². The molecule has 0 aliphatic rings. The minimum Gasteiger partial charge on any atom is -0.377 e. The first kappa shape index (κ1) is 12.8. The second kappa shape index (κ2) is 5.05. The number of rotatable bonds is 3. The standard InChI is InChI=1S/C11H8Cl2N4OS/c1-18-5-9-14-15-11-17(9)16-10(19-11)6-2-3-7(12)8(13)4-6/h2-4H,5H2,1H3. The highest BCUT2D eigenvalue weighted by molar-refractivity contribution is 7.19. The smallest absolute Gasteiger partial charge is 0.235 e. The zero-order valence-corrected chi connectivity index (χ0v) is 12.1. The number of hydrogen-bond acceptors (Lipinski definition) is 5. The lowest BCUT2D eigenvalue weighted by atomic mass is 10.2. The second-order valence-electron chi connectivity index (χ2n) is 3.78. The molecule has 8 heteroatoms. The Kier molecular flexibility index (Phi) is 3.40. The molecule has 0 aliphatic heterocycles. The highest BCUT2D eigenvalue weighted by atomic mass is 35.5. The maximum Gasteiger partial charge on any atom is 0.235 e. The minimum absolute atomic E-state index is 0.367. The highest BCUT2D eigenvalue weighted by Gasteiger charge is 2.13. The van der Waals surface area contributed by atoms with Gasteiger partial charge < -0.3 is 4.74 Å². The number of benzene rings is 1. The van der Waals surface area contributed by atoms with E-state index in [1.807, 2.05) is 6.07 Å². The molecule has 0 atom stereocenters. The lowest BCUT2D eigenvalue weighted by Gasteiger charge is -1.98. The van der Waals surface area contributed by atoms with E-state index in [4.69, 9.17) is 27.9 Å². The number of ether oxygens (including phenoxy) is 1. The van der Waals surface area contributed by atoms with Gasteiger partial charge in [-0.2, -0.15) is 9.61 Å². The van der Waals surface area contributed by atoms with Crippen LogP contribution in [0.2, 0.25) is 10.0 Å². The van der Waals surface area contributed by atoms with Gasteiger partial charge in [0.2, 0.25) is 4.96 Å². The molecule has 0 radical (unpaired) electrons. The summed E-state index contributed by atoms with van der Waals surface area (Å²) in [5.74, 6) is 0.667. The van der Waals surface area contributed by atoms with Gasteiger partial charge in [0.05, 0.1) is 10.0 Å². The van der Waals surface area contributed by atoms with E-state index in [0.717, 1.165) is 10.6 Å². The average Bonchev–Trinajstić information content (AvgIpc) is 2.95. The molecule has 2 heterocycles. The minimum atomic E-state index is 0.367. The SMILES string of the molecule is COCc1nnc2sc(-c3ccc(Cl)c(Cl)c3)nn12. The molecule has 98 valence electrons. The van der Waals surface area contributed by atoms with Gasteiger partial charge in [0, 0.05) is 12.7 Å². The number of nitrogens with zero attached hydrogens (tertiary/aromatic N) is 4. The van der Waals surface area contributed by atoms with E-state index < -0.39 is 0 Å². The predicted molar refractivity (Wildman–Crippen MR) is 74.8 cm³/mol. The van der Waals surface area contributed by atoms with Crippen molar-refractivity contribution in [3.63, 3.8) is 0 Å². The average molecular weight is 315 g/mol. The molecule has 0 spiro atoms. The van der Waals surface area contributed by atoms with Gasteiger partial charge in [-0.15, -0.1) is 10.2 Å². The Labute approximate surface area is 122 Å². The van der Waals surface area contributed by atoms with Crippen molar-refractivity contribution in [3.05, 3.63) is 34.1 Å². The fourth-order valence-corrected chi connectivity index (χ4v) is 2.78. The molecule has 3 aromatic rings. The lowest BCUT2D eigenvalue weighted by molar-refractivity contribution is 0.176. The molecule has 5 nitrogen and oxygen atoms in total. The summed E-state index contributed by atoms with van der Waals surface area (Å²) in [6, 6.07) is 5.40. The van der Waals surface area contributed by atoms with Crippen molar-refractivity contribution in [2.24, 2.45) is 0 Å². The summed E-state index contributed by atoms with van der Waals surface area (Å²) >= 11 is 13.3. The van der Waals surface area contributed by atoms with Crippen LogP contribution in [0.1, 0.15) is 5.82 Å². The zero-order valence-electron chi connectivity index (χ0n) is 9.80.